The van der Waals surface area contributed by atoms with E-state index in [1.54, 1.807) is 0 Å². The number of alkyl halides is 3. The monoisotopic (exact) mass is 364 g/mol. The van der Waals surface area contributed by atoms with Gasteiger partial charge < -0.3 is 5.11 Å². The van der Waals surface area contributed by atoms with Crippen LogP contribution in [0.2, 0.25) is 0 Å². The van der Waals surface area contributed by atoms with E-state index in [-0.39, 0.29) is 0 Å². The summed E-state index contributed by atoms with van der Waals surface area (Å²) in [5.41, 5.74) is -3.29. The zero-order valence-electron chi connectivity index (χ0n) is 13.5. The van der Waals surface area contributed by atoms with Crippen LogP contribution in [0.4, 0.5) is 13.6 Å². The summed E-state index contributed by atoms with van der Waals surface area (Å²) in [6, 6.07) is -1.84. The molecule has 0 aromatic carbocycles. The molecule has 0 aromatic rings. The fraction of sp³-hybridized carbons (Fsp3) is 0.875. The first-order valence-electron chi connectivity index (χ1n) is 8.74. The van der Waals surface area contributed by atoms with Crippen molar-refractivity contribution in [2.75, 3.05) is 0 Å². The van der Waals surface area contributed by atoms with Crippen molar-refractivity contribution in [2.45, 2.75) is 87.4 Å². The molecule has 2 saturated carbocycles. The van der Waals surface area contributed by atoms with Gasteiger partial charge in [0.1, 0.15) is 0 Å². The number of hydrogen-bond acceptors (Lipinski definition) is 3. The molecule has 0 aromatic heterocycles. The first-order valence-corrected chi connectivity index (χ1v) is 9.12. The molecule has 1 aliphatic heterocycles. The Kier molecular flexibility index (Phi) is 4.77. The van der Waals surface area contributed by atoms with Gasteiger partial charge in [0.05, 0.1) is 0 Å². The number of amides is 3. The third kappa shape index (κ3) is 2.69. The van der Waals surface area contributed by atoms with Gasteiger partial charge in [-0.3, -0.25) is 14.6 Å². The van der Waals surface area contributed by atoms with Gasteiger partial charge >= 0.3 is 17.1 Å². The Labute approximate surface area is 144 Å². The lowest BCUT2D eigenvalue weighted by Crippen LogP contribution is -2.63. The van der Waals surface area contributed by atoms with E-state index in [4.69, 9.17) is 11.6 Å². The maximum Gasteiger partial charge on any atom is 0.378 e. The van der Waals surface area contributed by atoms with Crippen molar-refractivity contribution < 1.29 is 23.5 Å². The normalized spacial score (nSPS) is 31.2. The van der Waals surface area contributed by atoms with Crippen LogP contribution < -0.4 is 0 Å². The van der Waals surface area contributed by atoms with E-state index in [9.17, 15) is 23.5 Å². The lowest BCUT2D eigenvalue weighted by molar-refractivity contribution is -0.203. The van der Waals surface area contributed by atoms with Crippen LogP contribution in [0.1, 0.15) is 64.2 Å². The maximum absolute atomic E-state index is 14.1. The summed E-state index contributed by atoms with van der Waals surface area (Å²) in [6.07, 6.45) is 7.32. The quantitative estimate of drug-likeness (QED) is 0.616. The average Bonchev–Trinajstić information content (AvgIpc) is 2.76. The van der Waals surface area contributed by atoms with E-state index in [0.29, 0.717) is 30.6 Å². The topological polar surface area (TPSA) is 60.9 Å². The van der Waals surface area contributed by atoms with Crippen LogP contribution in [0.5, 0.6) is 0 Å². The summed E-state index contributed by atoms with van der Waals surface area (Å²) in [7, 11) is 0. The molecule has 5 nitrogen and oxygen atoms in total. The predicted octanol–water partition coefficient (Wildman–Crippen LogP) is 3.44. The molecule has 1 atom stereocenters. The molecule has 0 radical (unpaired) electrons. The second kappa shape index (κ2) is 6.41. The van der Waals surface area contributed by atoms with E-state index in [1.807, 2.05) is 0 Å². The van der Waals surface area contributed by atoms with E-state index in [2.05, 4.69) is 0 Å². The van der Waals surface area contributed by atoms with Gasteiger partial charge in [0.25, 0.3) is 5.91 Å². The molecule has 3 amide bonds. The zero-order valence-corrected chi connectivity index (χ0v) is 14.3. The summed E-state index contributed by atoms with van der Waals surface area (Å²) in [4.78, 5) is 27.1. The molecular weight excluding hydrogens is 342 g/mol. The van der Waals surface area contributed by atoms with E-state index in [0.717, 1.165) is 43.4 Å². The van der Waals surface area contributed by atoms with Gasteiger partial charge in [-0.05, 0) is 37.3 Å². The summed E-state index contributed by atoms with van der Waals surface area (Å²) < 4.78 is 28.1. The van der Waals surface area contributed by atoms with Crippen LogP contribution in [0.3, 0.4) is 0 Å². The molecule has 136 valence electrons. The SMILES string of the molecule is O=C1N(C2CCCCC2)C(=O)C(O)(C(F)(F)Cl)N1C1CCCCC1. The van der Waals surface area contributed by atoms with Crippen molar-refractivity contribution in [3.8, 4) is 0 Å². The Bertz CT molecular complexity index is 516. The number of aliphatic hydroxyl groups is 1. The minimum Gasteiger partial charge on any atom is -0.357 e. The molecular formula is C16H23ClF2N2O3. The number of hydrogen-bond donors (Lipinski definition) is 1. The fourth-order valence-electron chi connectivity index (χ4n) is 4.29. The van der Waals surface area contributed by atoms with Gasteiger partial charge in [-0.1, -0.05) is 38.5 Å². The fourth-order valence-corrected chi connectivity index (χ4v) is 4.46. The van der Waals surface area contributed by atoms with Crippen LogP contribution in [0.15, 0.2) is 0 Å². The molecule has 1 unspecified atom stereocenters. The van der Waals surface area contributed by atoms with E-state index >= 15 is 0 Å². The van der Waals surface area contributed by atoms with Crippen LogP contribution in [-0.4, -0.2) is 50.0 Å². The molecule has 0 bridgehead atoms. The number of imide groups is 1. The molecule has 1 heterocycles. The largest absolute Gasteiger partial charge is 0.378 e. The van der Waals surface area contributed by atoms with Crippen molar-refractivity contribution >= 4 is 23.5 Å². The minimum absolute atomic E-state index is 0.433. The lowest BCUT2D eigenvalue weighted by Gasteiger charge is -2.39. The molecule has 3 rings (SSSR count). The number of carbonyl (C=O) groups excluding carboxylic acids is 2. The van der Waals surface area contributed by atoms with Crippen LogP contribution in [-0.2, 0) is 4.79 Å². The third-order valence-electron chi connectivity index (χ3n) is 5.55. The molecule has 3 aliphatic rings. The van der Waals surface area contributed by atoms with Gasteiger partial charge in [0.2, 0.25) is 0 Å². The number of rotatable bonds is 3. The second-order valence-corrected chi connectivity index (χ2v) is 7.56. The molecule has 1 N–H and O–H groups in total. The zero-order chi connectivity index (χ0) is 17.5. The van der Waals surface area contributed by atoms with Gasteiger partial charge in [0, 0.05) is 12.1 Å². The van der Waals surface area contributed by atoms with Crippen LogP contribution >= 0.6 is 11.6 Å². The van der Waals surface area contributed by atoms with Gasteiger partial charge in [-0.25, -0.2) is 4.79 Å². The molecule has 1 saturated heterocycles. The highest BCUT2D eigenvalue weighted by atomic mass is 35.5. The minimum atomic E-state index is -4.24. The Morgan fingerprint density at radius 3 is 1.88 bits per heavy atom. The first-order chi connectivity index (χ1) is 11.3. The highest BCUT2D eigenvalue weighted by molar-refractivity contribution is 6.26. The van der Waals surface area contributed by atoms with Gasteiger partial charge in [0.15, 0.2) is 0 Å². The number of nitrogens with zero attached hydrogens (tertiary/aromatic N) is 2. The Balaban J connectivity index is 1.97. The van der Waals surface area contributed by atoms with E-state index in [1.165, 1.54) is 0 Å². The Morgan fingerprint density at radius 2 is 1.42 bits per heavy atom. The maximum atomic E-state index is 14.1. The van der Waals surface area contributed by atoms with Gasteiger partial charge in [-0.15, -0.1) is 0 Å². The summed E-state index contributed by atoms with van der Waals surface area (Å²) >= 11 is 5.13. The lowest BCUT2D eigenvalue weighted by atomic mass is 9.93. The average molecular weight is 365 g/mol. The number of halogens is 3. The molecule has 3 fully saturated rings. The number of urea groups is 1. The third-order valence-corrected chi connectivity index (χ3v) is 5.82. The molecule has 2 aliphatic carbocycles. The molecule has 0 spiro atoms. The summed E-state index contributed by atoms with van der Waals surface area (Å²) in [5, 5.41) is 6.38. The van der Waals surface area contributed by atoms with E-state index < -0.39 is 35.1 Å². The van der Waals surface area contributed by atoms with Crippen molar-refractivity contribution in [1.82, 2.24) is 9.80 Å². The van der Waals surface area contributed by atoms with Crippen molar-refractivity contribution in [1.29, 1.82) is 0 Å². The van der Waals surface area contributed by atoms with Crippen LogP contribution in [0.25, 0.3) is 0 Å². The Morgan fingerprint density at radius 1 is 0.958 bits per heavy atom. The number of carbonyl (C=O) groups is 2. The highest BCUT2D eigenvalue weighted by Gasteiger charge is 2.71. The smallest absolute Gasteiger partial charge is 0.357 e. The summed E-state index contributed by atoms with van der Waals surface area (Å²) in [6.45, 7) is 0. The Hall–Kier alpha value is -0.950. The van der Waals surface area contributed by atoms with Crippen LogP contribution in [0, 0.1) is 0 Å². The standard InChI is InChI=1S/C16H23ClF2N2O3/c17-16(18,19)15(24)13(22)20(11-7-3-1-4-8-11)14(23)21(15)12-9-5-2-6-10-12/h11-12,24H,1-10H2. The summed E-state index contributed by atoms with van der Waals surface area (Å²) in [5.74, 6) is -1.27. The highest BCUT2D eigenvalue weighted by Crippen LogP contribution is 2.46. The molecule has 24 heavy (non-hydrogen) atoms. The van der Waals surface area contributed by atoms with Crippen molar-refractivity contribution in [3.05, 3.63) is 0 Å². The van der Waals surface area contributed by atoms with Gasteiger partial charge in [-0.2, -0.15) is 8.78 Å². The van der Waals surface area contributed by atoms with Crippen molar-refractivity contribution in [2.24, 2.45) is 0 Å². The predicted molar refractivity (Wildman–Crippen MR) is 83.6 cm³/mol. The second-order valence-electron chi connectivity index (χ2n) is 7.08. The molecule has 8 heteroatoms. The van der Waals surface area contributed by atoms with Crippen molar-refractivity contribution in [3.63, 3.8) is 0 Å². The first kappa shape index (κ1) is 17.9.